The predicted molar refractivity (Wildman–Crippen MR) is 75.7 cm³/mol. The molecule has 1 heterocycles. The van der Waals surface area contributed by atoms with Gasteiger partial charge in [0.2, 0.25) is 0 Å². The van der Waals surface area contributed by atoms with Crippen LogP contribution in [0.1, 0.15) is 16.7 Å². The summed E-state index contributed by atoms with van der Waals surface area (Å²) in [6.45, 7) is 0. The second kappa shape index (κ2) is 4.52. The van der Waals surface area contributed by atoms with Crippen LogP contribution in [0.2, 0.25) is 0 Å². The third-order valence-corrected chi connectivity index (χ3v) is 3.81. The number of nitriles is 1. The maximum atomic E-state index is 9.03. The van der Waals surface area contributed by atoms with Crippen molar-refractivity contribution in [1.29, 1.82) is 5.26 Å². The molecule has 1 aliphatic rings. The number of hydrogen-bond donors (Lipinski definition) is 1. The maximum absolute atomic E-state index is 9.03. The summed E-state index contributed by atoms with van der Waals surface area (Å²) in [5.74, 6) is 0.870. The van der Waals surface area contributed by atoms with E-state index in [9.17, 15) is 0 Å². The van der Waals surface area contributed by atoms with E-state index in [2.05, 4.69) is 17.1 Å². The Bertz CT molecular complexity index is 756. The number of rotatable bonds is 1. The van der Waals surface area contributed by atoms with Crippen LogP contribution in [0.4, 0.5) is 0 Å². The van der Waals surface area contributed by atoms with E-state index in [1.165, 1.54) is 5.56 Å². The van der Waals surface area contributed by atoms with Crippen molar-refractivity contribution in [2.24, 2.45) is 0 Å². The minimum absolute atomic E-state index is 0.505. The molecule has 0 bridgehead atoms. The van der Waals surface area contributed by atoms with Crippen LogP contribution in [0.3, 0.4) is 0 Å². The number of nitrogens with zero attached hydrogens (tertiary/aromatic N) is 1. The number of fused-ring (bicyclic) bond motifs is 3. The fourth-order valence-corrected chi connectivity index (χ4v) is 2.72. The van der Waals surface area contributed by atoms with Crippen molar-refractivity contribution in [3.8, 4) is 23.1 Å². The summed E-state index contributed by atoms with van der Waals surface area (Å²) in [5.41, 5.74) is 5.14. The number of hydrogen-bond acceptors (Lipinski definition) is 3. The molecule has 0 radical (unpaired) electrons. The molecular weight excluding hydrogens is 256 g/mol. The lowest BCUT2D eigenvalue weighted by Gasteiger charge is -2.20. The summed E-state index contributed by atoms with van der Waals surface area (Å²) in [4.78, 5) is 3.19. The van der Waals surface area contributed by atoms with Crippen molar-refractivity contribution in [3.05, 3.63) is 45.6 Å². The van der Waals surface area contributed by atoms with Crippen molar-refractivity contribution >= 4 is 12.2 Å². The Labute approximate surface area is 116 Å². The summed E-state index contributed by atoms with van der Waals surface area (Å²) in [6.07, 6.45) is 1.87. The van der Waals surface area contributed by atoms with Gasteiger partial charge in [0.25, 0.3) is 0 Å². The Morgan fingerprint density at radius 3 is 2.79 bits per heavy atom. The first-order valence-electron chi connectivity index (χ1n) is 6.06. The van der Waals surface area contributed by atoms with Crippen molar-refractivity contribution in [1.82, 2.24) is 4.98 Å². The van der Waals surface area contributed by atoms with Crippen molar-refractivity contribution in [2.75, 3.05) is 7.11 Å². The molecule has 3 nitrogen and oxygen atoms in total. The number of benzene rings is 1. The SMILES string of the molecule is COc1ccc2c(c1)CCc1cc(C#N)c(=S)[nH]c1-2. The van der Waals surface area contributed by atoms with E-state index >= 15 is 0 Å². The number of aryl methyl sites for hydroxylation is 2. The van der Waals surface area contributed by atoms with Gasteiger partial charge in [-0.2, -0.15) is 5.26 Å². The second-order valence-electron chi connectivity index (χ2n) is 4.55. The van der Waals surface area contributed by atoms with E-state index in [1.807, 2.05) is 18.2 Å². The number of aromatic amines is 1. The summed E-state index contributed by atoms with van der Waals surface area (Å²) in [5, 5.41) is 9.03. The number of nitrogens with one attached hydrogen (secondary N) is 1. The number of aromatic nitrogens is 1. The molecular formula is C15H12N2OS. The topological polar surface area (TPSA) is 48.8 Å². The largest absolute Gasteiger partial charge is 0.497 e. The molecule has 2 aromatic rings. The number of ether oxygens (including phenoxy) is 1. The first-order chi connectivity index (χ1) is 9.22. The van der Waals surface area contributed by atoms with Crippen LogP contribution in [0.25, 0.3) is 11.3 Å². The standard InChI is InChI=1S/C15H12N2OS/c1-18-12-4-5-13-9(7-12)2-3-10-6-11(8-16)15(19)17-14(10)13/h4-7H,2-3H2,1H3,(H,17,19). The molecule has 1 aromatic carbocycles. The van der Waals surface area contributed by atoms with Crippen LogP contribution in [0.5, 0.6) is 5.75 Å². The molecule has 0 amide bonds. The Morgan fingerprint density at radius 1 is 1.26 bits per heavy atom. The Balaban J connectivity index is 2.22. The van der Waals surface area contributed by atoms with E-state index in [-0.39, 0.29) is 0 Å². The van der Waals surface area contributed by atoms with Gasteiger partial charge in [-0.1, -0.05) is 12.2 Å². The van der Waals surface area contributed by atoms with E-state index in [4.69, 9.17) is 22.2 Å². The number of pyridine rings is 1. The molecule has 1 aromatic heterocycles. The average molecular weight is 268 g/mol. The number of H-pyrrole nitrogens is 1. The Hall–Kier alpha value is -2.12. The monoisotopic (exact) mass is 268 g/mol. The molecule has 0 aliphatic heterocycles. The first kappa shape index (κ1) is 11.9. The molecule has 94 valence electrons. The summed E-state index contributed by atoms with van der Waals surface area (Å²) in [6, 6.07) is 10.1. The lowest BCUT2D eigenvalue weighted by Crippen LogP contribution is -2.07. The molecule has 19 heavy (non-hydrogen) atoms. The zero-order chi connectivity index (χ0) is 13.4. The molecule has 0 fully saturated rings. The third-order valence-electron chi connectivity index (χ3n) is 3.49. The molecule has 0 saturated heterocycles. The van der Waals surface area contributed by atoms with Crippen LogP contribution in [-0.2, 0) is 12.8 Å². The van der Waals surface area contributed by atoms with Gasteiger partial charge in [-0.15, -0.1) is 0 Å². The van der Waals surface area contributed by atoms with Crippen LogP contribution in [0, 0.1) is 16.0 Å². The highest BCUT2D eigenvalue weighted by Gasteiger charge is 2.18. The summed E-state index contributed by atoms with van der Waals surface area (Å²) >= 11 is 5.21. The van der Waals surface area contributed by atoms with Gasteiger partial charge in [-0.3, -0.25) is 0 Å². The Morgan fingerprint density at radius 2 is 2.05 bits per heavy atom. The molecule has 0 unspecified atom stereocenters. The molecule has 0 saturated carbocycles. The Kier molecular flexibility index (Phi) is 2.84. The fourth-order valence-electron chi connectivity index (χ4n) is 2.51. The highest BCUT2D eigenvalue weighted by atomic mass is 32.1. The van der Waals surface area contributed by atoms with Gasteiger partial charge < -0.3 is 9.72 Å². The van der Waals surface area contributed by atoms with Gasteiger partial charge in [-0.25, -0.2) is 0 Å². The van der Waals surface area contributed by atoms with Gasteiger partial charge in [-0.05, 0) is 48.2 Å². The molecule has 1 N–H and O–H groups in total. The van der Waals surface area contributed by atoms with Crippen molar-refractivity contribution in [2.45, 2.75) is 12.8 Å². The molecule has 1 aliphatic carbocycles. The third kappa shape index (κ3) is 1.92. The lowest BCUT2D eigenvalue weighted by atomic mass is 9.88. The lowest BCUT2D eigenvalue weighted by molar-refractivity contribution is 0.414. The minimum atomic E-state index is 0.505. The molecule has 0 spiro atoms. The van der Waals surface area contributed by atoms with Crippen LogP contribution in [-0.4, -0.2) is 12.1 Å². The minimum Gasteiger partial charge on any atom is -0.497 e. The highest BCUT2D eigenvalue weighted by Crippen LogP contribution is 2.34. The van der Waals surface area contributed by atoms with Crippen LogP contribution < -0.4 is 4.74 Å². The van der Waals surface area contributed by atoms with Gasteiger partial charge in [0.1, 0.15) is 16.5 Å². The van der Waals surface area contributed by atoms with Gasteiger partial charge in [0.15, 0.2) is 0 Å². The van der Waals surface area contributed by atoms with Crippen LogP contribution in [0.15, 0.2) is 24.3 Å². The maximum Gasteiger partial charge on any atom is 0.121 e. The summed E-state index contributed by atoms with van der Waals surface area (Å²) in [7, 11) is 1.67. The first-order valence-corrected chi connectivity index (χ1v) is 6.47. The fraction of sp³-hybridized carbons (Fsp3) is 0.200. The predicted octanol–water partition coefficient (Wildman–Crippen LogP) is 3.39. The molecule has 3 rings (SSSR count). The molecule has 0 atom stereocenters. The van der Waals surface area contributed by atoms with Crippen molar-refractivity contribution in [3.63, 3.8) is 0 Å². The zero-order valence-electron chi connectivity index (χ0n) is 10.5. The highest BCUT2D eigenvalue weighted by molar-refractivity contribution is 7.71. The van der Waals surface area contributed by atoms with Gasteiger partial charge in [0, 0.05) is 11.3 Å². The van der Waals surface area contributed by atoms with E-state index in [1.54, 1.807) is 7.11 Å². The zero-order valence-corrected chi connectivity index (χ0v) is 11.3. The quantitative estimate of drug-likeness (QED) is 0.806. The van der Waals surface area contributed by atoms with E-state index in [0.717, 1.165) is 35.4 Å². The van der Waals surface area contributed by atoms with E-state index in [0.29, 0.717) is 10.2 Å². The smallest absolute Gasteiger partial charge is 0.121 e. The average Bonchev–Trinajstić information content (AvgIpc) is 2.45. The van der Waals surface area contributed by atoms with Gasteiger partial charge in [0.05, 0.1) is 12.7 Å². The normalized spacial score (nSPS) is 12.2. The second-order valence-corrected chi connectivity index (χ2v) is 4.96. The number of methoxy groups -OCH3 is 1. The van der Waals surface area contributed by atoms with Gasteiger partial charge >= 0.3 is 0 Å². The van der Waals surface area contributed by atoms with E-state index < -0.39 is 0 Å². The van der Waals surface area contributed by atoms with Crippen LogP contribution >= 0.6 is 12.2 Å². The summed E-state index contributed by atoms with van der Waals surface area (Å²) < 4.78 is 5.76. The molecule has 4 heteroatoms. The van der Waals surface area contributed by atoms with Crippen molar-refractivity contribution < 1.29 is 4.74 Å².